The van der Waals surface area contributed by atoms with Gasteiger partial charge in [-0.1, -0.05) is 18.2 Å². The zero-order valence-electron chi connectivity index (χ0n) is 13.5. The molecule has 2 aromatic heterocycles. The van der Waals surface area contributed by atoms with E-state index in [1.54, 1.807) is 6.08 Å². The summed E-state index contributed by atoms with van der Waals surface area (Å²) in [5.41, 5.74) is 0.901. The summed E-state index contributed by atoms with van der Waals surface area (Å²) in [4.78, 5) is 29.5. The molecule has 0 saturated carbocycles. The Hall–Kier alpha value is -2.51. The first-order valence-electron chi connectivity index (χ1n) is 7.60. The van der Waals surface area contributed by atoms with Gasteiger partial charge in [-0.05, 0) is 29.7 Å². The normalized spacial score (nSPS) is 12.4. The molecule has 0 bridgehead atoms. The molecular formula is C18H16N2O3S2. The van der Waals surface area contributed by atoms with Crippen LogP contribution in [0.25, 0.3) is 16.3 Å². The van der Waals surface area contributed by atoms with Crippen molar-refractivity contribution in [2.75, 3.05) is 7.11 Å². The number of carbonyl (C=O) groups is 2. The lowest BCUT2D eigenvalue weighted by Gasteiger charge is -2.14. The molecule has 128 valence electrons. The highest BCUT2D eigenvalue weighted by Gasteiger charge is 2.21. The second-order valence-corrected chi connectivity index (χ2v) is 7.32. The summed E-state index contributed by atoms with van der Waals surface area (Å²) in [6.07, 6.45) is 3.45. The Balaban J connectivity index is 1.66. The lowest BCUT2D eigenvalue weighted by atomic mass is 10.2. The fraction of sp³-hybridized carbons (Fsp3) is 0.167. The minimum absolute atomic E-state index is 0.355. The van der Waals surface area contributed by atoms with Gasteiger partial charge in [0.05, 0.1) is 17.3 Å². The minimum Gasteiger partial charge on any atom is -0.467 e. The van der Waals surface area contributed by atoms with E-state index >= 15 is 0 Å². The Labute approximate surface area is 153 Å². The third-order valence-corrected chi connectivity index (χ3v) is 5.38. The second-order valence-electron chi connectivity index (χ2n) is 5.22. The molecule has 0 aliphatic carbocycles. The number of rotatable bonds is 6. The molecule has 25 heavy (non-hydrogen) atoms. The highest BCUT2D eigenvalue weighted by atomic mass is 32.1. The van der Waals surface area contributed by atoms with Gasteiger partial charge in [0.1, 0.15) is 11.0 Å². The van der Waals surface area contributed by atoms with Crippen LogP contribution in [-0.2, 0) is 20.7 Å². The number of amides is 1. The maximum Gasteiger partial charge on any atom is 0.328 e. The van der Waals surface area contributed by atoms with Crippen LogP contribution < -0.4 is 5.32 Å². The first-order valence-corrected chi connectivity index (χ1v) is 9.29. The van der Waals surface area contributed by atoms with Gasteiger partial charge in [0.15, 0.2) is 0 Å². The lowest BCUT2D eigenvalue weighted by Crippen LogP contribution is -2.42. The molecule has 1 amide bonds. The quantitative estimate of drug-likeness (QED) is 0.533. The summed E-state index contributed by atoms with van der Waals surface area (Å²) >= 11 is 3.04. The minimum atomic E-state index is -0.712. The molecule has 0 aliphatic rings. The maximum atomic E-state index is 12.2. The van der Waals surface area contributed by atoms with E-state index in [1.165, 1.54) is 35.9 Å². The molecule has 1 atom stereocenters. The van der Waals surface area contributed by atoms with Crippen LogP contribution in [0.3, 0.4) is 0 Å². The Morgan fingerprint density at radius 1 is 1.28 bits per heavy atom. The molecule has 0 radical (unpaired) electrons. The van der Waals surface area contributed by atoms with Crippen LogP contribution in [0.2, 0.25) is 0 Å². The summed E-state index contributed by atoms with van der Waals surface area (Å²) in [6, 6.07) is 10.9. The molecular weight excluding hydrogens is 356 g/mol. The highest BCUT2D eigenvalue weighted by molar-refractivity contribution is 7.19. The fourth-order valence-electron chi connectivity index (χ4n) is 2.29. The van der Waals surface area contributed by atoms with Crippen molar-refractivity contribution in [3.63, 3.8) is 0 Å². The van der Waals surface area contributed by atoms with Crippen molar-refractivity contribution in [2.45, 2.75) is 12.5 Å². The molecule has 7 heteroatoms. The summed E-state index contributed by atoms with van der Waals surface area (Å²) in [5.74, 6) is -0.818. The predicted molar refractivity (Wildman–Crippen MR) is 101 cm³/mol. The van der Waals surface area contributed by atoms with Crippen LogP contribution >= 0.6 is 22.7 Å². The highest BCUT2D eigenvalue weighted by Crippen LogP contribution is 2.22. The molecule has 1 aromatic carbocycles. The van der Waals surface area contributed by atoms with Crippen LogP contribution in [0.15, 0.2) is 47.9 Å². The SMILES string of the molecule is COC(=O)C(Cc1cccs1)NC(=O)/C=C/c1nc2ccccc2s1. The summed E-state index contributed by atoms with van der Waals surface area (Å²) in [6.45, 7) is 0. The topological polar surface area (TPSA) is 68.3 Å². The number of hydrogen-bond donors (Lipinski definition) is 1. The first kappa shape index (κ1) is 17.3. The van der Waals surface area contributed by atoms with Gasteiger partial charge in [0.2, 0.25) is 5.91 Å². The average Bonchev–Trinajstić information content (AvgIpc) is 3.27. The van der Waals surface area contributed by atoms with Crippen molar-refractivity contribution in [3.05, 3.63) is 57.7 Å². The maximum absolute atomic E-state index is 12.2. The van der Waals surface area contributed by atoms with Crippen molar-refractivity contribution >= 4 is 50.8 Å². The molecule has 2 heterocycles. The number of carbonyl (C=O) groups excluding carboxylic acids is 2. The van der Waals surface area contributed by atoms with Crippen LogP contribution in [0.4, 0.5) is 0 Å². The number of nitrogens with zero attached hydrogens (tertiary/aromatic N) is 1. The molecule has 5 nitrogen and oxygen atoms in total. The largest absolute Gasteiger partial charge is 0.467 e. The zero-order valence-corrected chi connectivity index (χ0v) is 15.1. The van der Waals surface area contributed by atoms with Crippen molar-refractivity contribution in [2.24, 2.45) is 0 Å². The van der Waals surface area contributed by atoms with Crippen LogP contribution in [0, 0.1) is 0 Å². The predicted octanol–water partition coefficient (Wildman–Crippen LogP) is 3.27. The number of thiophene rings is 1. The smallest absolute Gasteiger partial charge is 0.328 e. The van der Waals surface area contributed by atoms with Crippen LogP contribution in [0.1, 0.15) is 9.88 Å². The third kappa shape index (κ3) is 4.52. The van der Waals surface area contributed by atoms with E-state index in [4.69, 9.17) is 4.74 Å². The number of fused-ring (bicyclic) bond motifs is 1. The fourth-order valence-corrected chi connectivity index (χ4v) is 3.92. The molecule has 0 saturated heterocycles. The first-order chi connectivity index (χ1) is 12.2. The molecule has 1 N–H and O–H groups in total. The number of aromatic nitrogens is 1. The number of nitrogens with one attached hydrogen (secondary N) is 1. The number of hydrogen-bond acceptors (Lipinski definition) is 6. The number of thiazole rings is 1. The van der Waals surface area contributed by atoms with E-state index in [9.17, 15) is 9.59 Å². The van der Waals surface area contributed by atoms with Gasteiger partial charge < -0.3 is 10.1 Å². The van der Waals surface area contributed by atoms with E-state index in [0.29, 0.717) is 6.42 Å². The van der Waals surface area contributed by atoms with Crippen molar-refractivity contribution < 1.29 is 14.3 Å². The standard InChI is InChI=1S/C18H16N2O3S2/c1-23-18(22)14(11-12-5-4-10-24-12)19-16(21)8-9-17-20-13-6-2-3-7-15(13)25-17/h2-10,14H,11H2,1H3,(H,19,21)/b9-8+. The Kier molecular flexibility index (Phi) is 5.57. The van der Waals surface area contributed by atoms with Crippen LogP contribution in [0.5, 0.6) is 0 Å². The van der Waals surface area contributed by atoms with Crippen molar-refractivity contribution in [3.8, 4) is 0 Å². The van der Waals surface area contributed by atoms with Crippen LogP contribution in [-0.4, -0.2) is 30.0 Å². The van der Waals surface area contributed by atoms with Gasteiger partial charge >= 0.3 is 5.97 Å². The van der Waals surface area contributed by atoms with Gasteiger partial charge in [-0.2, -0.15) is 0 Å². The number of esters is 1. The number of para-hydroxylation sites is 1. The van der Waals surface area contributed by atoms with Crippen molar-refractivity contribution in [1.29, 1.82) is 0 Å². The number of ether oxygens (including phenoxy) is 1. The van der Waals surface area contributed by atoms with E-state index < -0.39 is 12.0 Å². The monoisotopic (exact) mass is 372 g/mol. The van der Waals surface area contributed by atoms with E-state index in [-0.39, 0.29) is 5.91 Å². The van der Waals surface area contributed by atoms with E-state index in [0.717, 1.165) is 20.1 Å². The summed E-state index contributed by atoms with van der Waals surface area (Å²) in [7, 11) is 1.31. The molecule has 3 aromatic rings. The van der Waals surface area contributed by atoms with E-state index in [1.807, 2.05) is 41.8 Å². The number of benzene rings is 1. The third-order valence-electron chi connectivity index (χ3n) is 3.48. The van der Waals surface area contributed by atoms with Crippen molar-refractivity contribution in [1.82, 2.24) is 10.3 Å². The molecule has 3 rings (SSSR count). The van der Waals surface area contributed by atoms with Gasteiger partial charge in [0, 0.05) is 17.4 Å². The molecule has 0 fully saturated rings. The van der Waals surface area contributed by atoms with E-state index in [2.05, 4.69) is 10.3 Å². The van der Waals surface area contributed by atoms with Gasteiger partial charge in [-0.25, -0.2) is 9.78 Å². The Bertz CT molecular complexity index is 867. The van der Waals surface area contributed by atoms with Gasteiger partial charge in [-0.15, -0.1) is 22.7 Å². The average molecular weight is 372 g/mol. The van der Waals surface area contributed by atoms with Gasteiger partial charge in [0.25, 0.3) is 0 Å². The summed E-state index contributed by atoms with van der Waals surface area (Å²) < 4.78 is 5.84. The Morgan fingerprint density at radius 3 is 2.84 bits per heavy atom. The second kappa shape index (κ2) is 8.04. The molecule has 0 aliphatic heterocycles. The number of methoxy groups -OCH3 is 1. The van der Waals surface area contributed by atoms with Gasteiger partial charge in [-0.3, -0.25) is 4.79 Å². The Morgan fingerprint density at radius 2 is 2.12 bits per heavy atom. The molecule has 0 spiro atoms. The lowest BCUT2D eigenvalue weighted by molar-refractivity contribution is -0.144. The molecule has 1 unspecified atom stereocenters. The zero-order chi connectivity index (χ0) is 17.6. The summed E-state index contributed by atoms with van der Waals surface area (Å²) in [5, 5.41) is 5.36.